The zero-order valence-electron chi connectivity index (χ0n) is 17.8. The monoisotopic (exact) mass is 470 g/mol. The van der Waals surface area contributed by atoms with Gasteiger partial charge in [0.1, 0.15) is 5.75 Å². The van der Waals surface area contributed by atoms with Crippen LogP contribution in [0.4, 0.5) is 13.2 Å². The molecule has 6 nitrogen and oxygen atoms in total. The summed E-state index contributed by atoms with van der Waals surface area (Å²) in [5.74, 6) is 0.460. The molecule has 1 heterocycles. The van der Waals surface area contributed by atoms with Gasteiger partial charge in [0, 0.05) is 19.6 Å². The molecule has 1 aliphatic rings. The average molecular weight is 471 g/mol. The molecule has 1 aliphatic heterocycles. The van der Waals surface area contributed by atoms with Crippen molar-refractivity contribution in [1.29, 1.82) is 0 Å². The summed E-state index contributed by atoms with van der Waals surface area (Å²) in [6.45, 7) is 2.94. The van der Waals surface area contributed by atoms with E-state index in [0.717, 1.165) is 25.0 Å². The zero-order chi connectivity index (χ0) is 23.5. The van der Waals surface area contributed by atoms with Crippen LogP contribution in [-0.4, -0.2) is 39.4 Å². The van der Waals surface area contributed by atoms with Crippen molar-refractivity contribution in [1.82, 2.24) is 9.62 Å². The van der Waals surface area contributed by atoms with E-state index in [2.05, 4.69) is 11.6 Å². The summed E-state index contributed by atoms with van der Waals surface area (Å²) in [6, 6.07) is 8.37. The number of benzene rings is 2. The third kappa shape index (κ3) is 5.60. The van der Waals surface area contributed by atoms with Gasteiger partial charge in [-0.05, 0) is 48.6 Å². The summed E-state index contributed by atoms with van der Waals surface area (Å²) in [4.78, 5) is 14.5. The largest absolute Gasteiger partial charge is 0.496 e. The van der Waals surface area contributed by atoms with Crippen molar-refractivity contribution in [3.63, 3.8) is 0 Å². The molecule has 1 saturated heterocycles. The Morgan fingerprint density at radius 2 is 1.84 bits per heavy atom. The van der Waals surface area contributed by atoms with Crippen molar-refractivity contribution < 1.29 is 31.1 Å². The number of halogens is 3. The highest BCUT2D eigenvalue weighted by atomic mass is 32.2. The first-order valence-corrected chi connectivity index (χ1v) is 11.6. The molecule has 1 amide bonds. The molecular weight excluding hydrogens is 445 g/mol. The van der Waals surface area contributed by atoms with Crippen LogP contribution in [0.2, 0.25) is 0 Å². The molecule has 0 radical (unpaired) electrons. The van der Waals surface area contributed by atoms with Crippen molar-refractivity contribution >= 4 is 15.9 Å². The first-order valence-electron chi connectivity index (χ1n) is 10.1. The van der Waals surface area contributed by atoms with E-state index in [4.69, 9.17) is 4.74 Å². The number of nitrogens with one attached hydrogen (secondary N) is 1. The van der Waals surface area contributed by atoms with Crippen LogP contribution in [-0.2, 0) is 22.7 Å². The highest BCUT2D eigenvalue weighted by Crippen LogP contribution is 2.30. The lowest BCUT2D eigenvalue weighted by Gasteiger charge is -2.30. The van der Waals surface area contributed by atoms with Gasteiger partial charge in [-0.2, -0.15) is 13.2 Å². The molecule has 3 rings (SSSR count). The summed E-state index contributed by atoms with van der Waals surface area (Å²) < 4.78 is 71.8. The first-order chi connectivity index (χ1) is 15.0. The molecule has 0 aliphatic carbocycles. The summed E-state index contributed by atoms with van der Waals surface area (Å²) in [7, 11) is -2.69. The van der Waals surface area contributed by atoms with Crippen LogP contribution in [0.3, 0.4) is 0 Å². The number of sulfonamides is 1. The van der Waals surface area contributed by atoms with Crippen LogP contribution in [0.1, 0.15) is 41.3 Å². The third-order valence-electron chi connectivity index (χ3n) is 5.50. The number of hydrogen-bond acceptors (Lipinski definition) is 4. The van der Waals surface area contributed by atoms with Gasteiger partial charge in [-0.1, -0.05) is 25.1 Å². The van der Waals surface area contributed by atoms with Crippen LogP contribution >= 0.6 is 0 Å². The Morgan fingerprint density at radius 1 is 1.16 bits per heavy atom. The molecule has 174 valence electrons. The maximum atomic E-state index is 13.0. The second kappa shape index (κ2) is 9.50. The van der Waals surface area contributed by atoms with E-state index in [1.54, 1.807) is 4.90 Å². The van der Waals surface area contributed by atoms with Gasteiger partial charge in [-0.25, -0.2) is 13.1 Å². The number of piperidine rings is 1. The lowest BCUT2D eigenvalue weighted by Crippen LogP contribution is -2.38. The molecule has 1 N–H and O–H groups in total. The number of ether oxygens (including phenoxy) is 1. The van der Waals surface area contributed by atoms with Crippen molar-refractivity contribution in [2.45, 2.75) is 37.4 Å². The van der Waals surface area contributed by atoms with E-state index in [1.165, 1.54) is 37.4 Å². The number of likely N-dealkylation sites (tertiary alicyclic amines) is 1. The highest BCUT2D eigenvalue weighted by Gasteiger charge is 2.30. The molecule has 0 aromatic heterocycles. The minimum Gasteiger partial charge on any atom is -0.496 e. The van der Waals surface area contributed by atoms with Gasteiger partial charge in [0.15, 0.2) is 0 Å². The topological polar surface area (TPSA) is 75.7 Å². The summed E-state index contributed by atoms with van der Waals surface area (Å²) >= 11 is 0. The zero-order valence-corrected chi connectivity index (χ0v) is 18.6. The smallest absolute Gasteiger partial charge is 0.416 e. The Bertz CT molecular complexity index is 1080. The van der Waals surface area contributed by atoms with Crippen molar-refractivity contribution in [3.8, 4) is 5.75 Å². The maximum Gasteiger partial charge on any atom is 0.416 e. The van der Waals surface area contributed by atoms with Crippen LogP contribution in [0.25, 0.3) is 0 Å². The molecule has 0 spiro atoms. The number of amides is 1. The Labute approximate surface area is 185 Å². The fourth-order valence-corrected chi connectivity index (χ4v) is 4.57. The van der Waals surface area contributed by atoms with Crippen molar-refractivity contribution in [3.05, 3.63) is 59.2 Å². The van der Waals surface area contributed by atoms with E-state index >= 15 is 0 Å². The van der Waals surface area contributed by atoms with Gasteiger partial charge in [0.25, 0.3) is 5.91 Å². The van der Waals surface area contributed by atoms with E-state index in [9.17, 15) is 26.4 Å². The number of carbonyl (C=O) groups is 1. The van der Waals surface area contributed by atoms with Gasteiger partial charge in [0.2, 0.25) is 10.0 Å². The number of nitrogens with zero attached hydrogens (tertiary/aromatic N) is 1. The highest BCUT2D eigenvalue weighted by molar-refractivity contribution is 7.89. The van der Waals surface area contributed by atoms with E-state index in [1.807, 2.05) is 0 Å². The molecular formula is C22H25F3N2O4S. The Kier molecular flexibility index (Phi) is 7.14. The fraction of sp³-hybridized carbons (Fsp3) is 0.409. The summed E-state index contributed by atoms with van der Waals surface area (Å²) in [5.41, 5.74) is -0.568. The third-order valence-corrected chi connectivity index (χ3v) is 6.90. The molecule has 0 bridgehead atoms. The summed E-state index contributed by atoms with van der Waals surface area (Å²) in [6.07, 6.45) is -2.79. The maximum absolute atomic E-state index is 13.0. The molecule has 1 fully saturated rings. The van der Waals surface area contributed by atoms with Gasteiger partial charge in [0.05, 0.1) is 23.1 Å². The average Bonchev–Trinajstić information content (AvgIpc) is 2.77. The van der Waals surface area contributed by atoms with E-state index in [-0.39, 0.29) is 34.2 Å². The van der Waals surface area contributed by atoms with E-state index < -0.39 is 21.8 Å². The number of carbonyl (C=O) groups excluding carboxylic acids is 1. The number of alkyl halides is 3. The molecule has 10 heteroatoms. The first kappa shape index (κ1) is 24.1. The predicted octanol–water partition coefficient (Wildman–Crippen LogP) is 4.06. The van der Waals surface area contributed by atoms with Crippen LogP contribution in [0.15, 0.2) is 47.4 Å². The standard InChI is InChI=1S/C22H25F3N2O4S/c1-15-8-10-27(11-9-15)21(28)19-13-18(6-7-20(19)31-2)32(29,30)26-14-16-4-3-5-17(12-16)22(23,24)25/h3-7,12-13,15,26H,8-11,14H2,1-2H3. The molecule has 0 unspecified atom stereocenters. The van der Waals surface area contributed by atoms with Crippen LogP contribution < -0.4 is 9.46 Å². The van der Waals surface area contributed by atoms with Gasteiger partial charge in [-0.15, -0.1) is 0 Å². The van der Waals surface area contributed by atoms with Crippen molar-refractivity contribution in [2.75, 3.05) is 20.2 Å². The molecule has 0 atom stereocenters. The summed E-state index contributed by atoms with van der Waals surface area (Å²) in [5, 5.41) is 0. The normalized spacial score (nSPS) is 15.6. The predicted molar refractivity (Wildman–Crippen MR) is 113 cm³/mol. The Balaban J connectivity index is 1.81. The lowest BCUT2D eigenvalue weighted by molar-refractivity contribution is -0.137. The molecule has 0 saturated carbocycles. The SMILES string of the molecule is COc1ccc(S(=O)(=O)NCc2cccc(C(F)(F)F)c2)cc1C(=O)N1CCC(C)CC1. The Morgan fingerprint density at radius 3 is 2.47 bits per heavy atom. The molecule has 32 heavy (non-hydrogen) atoms. The second-order valence-electron chi connectivity index (χ2n) is 7.86. The molecule has 2 aromatic carbocycles. The second-order valence-corrected chi connectivity index (χ2v) is 9.63. The van der Waals surface area contributed by atoms with Gasteiger partial charge >= 0.3 is 6.18 Å². The van der Waals surface area contributed by atoms with Gasteiger partial charge in [-0.3, -0.25) is 4.79 Å². The number of rotatable bonds is 6. The minimum absolute atomic E-state index is 0.129. The molecule has 2 aromatic rings. The number of hydrogen-bond donors (Lipinski definition) is 1. The lowest BCUT2D eigenvalue weighted by atomic mass is 9.98. The van der Waals surface area contributed by atoms with E-state index in [0.29, 0.717) is 19.0 Å². The number of methoxy groups -OCH3 is 1. The van der Waals surface area contributed by atoms with Gasteiger partial charge < -0.3 is 9.64 Å². The quantitative estimate of drug-likeness (QED) is 0.691. The van der Waals surface area contributed by atoms with Crippen molar-refractivity contribution in [2.24, 2.45) is 5.92 Å². The minimum atomic E-state index is -4.52. The van der Waals surface area contributed by atoms with Crippen LogP contribution in [0.5, 0.6) is 5.75 Å². The fourth-order valence-electron chi connectivity index (χ4n) is 3.52. The Hall–Kier alpha value is -2.59. The van der Waals surface area contributed by atoms with Crippen LogP contribution in [0, 0.1) is 5.92 Å².